The summed E-state index contributed by atoms with van der Waals surface area (Å²) in [6.07, 6.45) is 0. The third kappa shape index (κ3) is 3.92. The number of aryl methyl sites for hydroxylation is 1. The zero-order valence-corrected chi connectivity index (χ0v) is 12.7. The highest BCUT2D eigenvalue weighted by molar-refractivity contribution is 8.01. The van der Waals surface area contributed by atoms with E-state index in [-0.39, 0.29) is 23.0 Å². The third-order valence-corrected chi connectivity index (χ3v) is 4.83. The van der Waals surface area contributed by atoms with Crippen molar-refractivity contribution in [3.8, 4) is 0 Å². The lowest BCUT2D eigenvalue weighted by atomic mass is 10.2. The van der Waals surface area contributed by atoms with Crippen LogP contribution in [0.3, 0.4) is 0 Å². The Kier molecular flexibility index (Phi) is 4.76. The molecule has 21 heavy (non-hydrogen) atoms. The molecule has 0 unspecified atom stereocenters. The number of amides is 1. The van der Waals surface area contributed by atoms with Crippen LogP contribution in [0.1, 0.15) is 5.69 Å². The molecule has 0 fully saturated rings. The first-order valence-electron chi connectivity index (χ1n) is 5.86. The number of thiazole rings is 1. The predicted octanol–water partition coefficient (Wildman–Crippen LogP) is 2.67. The van der Waals surface area contributed by atoms with E-state index in [1.165, 1.54) is 35.2 Å². The standard InChI is InChI=1S/C12H12N4O3S2/c1-7-11(21-12(13)14-7)20-6-10(17)15-8-4-2-3-5-9(8)16(18)19/h2-5H,6H2,1H3,(H2,13,14)(H,15,17). The summed E-state index contributed by atoms with van der Waals surface area (Å²) in [5.41, 5.74) is 6.42. The van der Waals surface area contributed by atoms with Gasteiger partial charge in [0, 0.05) is 6.07 Å². The number of benzene rings is 1. The Morgan fingerprint density at radius 1 is 1.52 bits per heavy atom. The van der Waals surface area contributed by atoms with Crippen LogP contribution in [0, 0.1) is 17.0 Å². The number of hydrogen-bond donors (Lipinski definition) is 2. The molecule has 0 spiro atoms. The minimum atomic E-state index is -0.531. The quantitative estimate of drug-likeness (QED) is 0.497. The first kappa shape index (κ1) is 15.3. The molecule has 1 aromatic carbocycles. The van der Waals surface area contributed by atoms with Crippen LogP contribution in [0.5, 0.6) is 0 Å². The van der Waals surface area contributed by atoms with Crippen LogP contribution in [0.4, 0.5) is 16.5 Å². The highest BCUT2D eigenvalue weighted by Gasteiger charge is 2.15. The number of nitrogens with two attached hydrogens (primary N) is 1. The van der Waals surface area contributed by atoms with Gasteiger partial charge in [-0.3, -0.25) is 14.9 Å². The van der Waals surface area contributed by atoms with E-state index in [9.17, 15) is 14.9 Å². The van der Waals surface area contributed by atoms with Crippen LogP contribution in [-0.2, 0) is 4.79 Å². The highest BCUT2D eigenvalue weighted by Crippen LogP contribution is 2.30. The molecular formula is C12H12N4O3S2. The number of aromatic nitrogens is 1. The average molecular weight is 324 g/mol. The van der Waals surface area contributed by atoms with Gasteiger partial charge in [0.1, 0.15) is 5.69 Å². The number of nitrogen functional groups attached to an aromatic ring is 1. The van der Waals surface area contributed by atoms with Crippen LogP contribution in [0.15, 0.2) is 28.5 Å². The molecule has 1 aromatic heterocycles. The smallest absolute Gasteiger partial charge is 0.292 e. The number of anilines is 2. The number of nitrogens with one attached hydrogen (secondary N) is 1. The number of carbonyl (C=O) groups excluding carboxylic acids is 1. The number of carbonyl (C=O) groups is 1. The second kappa shape index (κ2) is 6.55. The molecule has 3 N–H and O–H groups in total. The van der Waals surface area contributed by atoms with Crippen LogP contribution < -0.4 is 11.1 Å². The lowest BCUT2D eigenvalue weighted by Crippen LogP contribution is -2.15. The zero-order valence-electron chi connectivity index (χ0n) is 11.0. The lowest BCUT2D eigenvalue weighted by Gasteiger charge is -2.05. The van der Waals surface area contributed by atoms with Crippen LogP contribution in [0.2, 0.25) is 0 Å². The Balaban J connectivity index is 1.99. The van der Waals surface area contributed by atoms with E-state index in [4.69, 9.17) is 5.73 Å². The maximum Gasteiger partial charge on any atom is 0.292 e. The van der Waals surface area contributed by atoms with Crippen molar-refractivity contribution in [3.05, 3.63) is 40.1 Å². The maximum absolute atomic E-state index is 11.9. The van der Waals surface area contributed by atoms with Gasteiger partial charge in [0.05, 0.1) is 20.6 Å². The number of nitrogens with zero attached hydrogens (tertiary/aromatic N) is 2. The number of hydrogen-bond acceptors (Lipinski definition) is 7. The summed E-state index contributed by atoms with van der Waals surface area (Å²) in [5.74, 6) is -0.185. The molecule has 0 saturated heterocycles. The first-order valence-corrected chi connectivity index (χ1v) is 7.66. The molecule has 7 nitrogen and oxygen atoms in total. The van der Waals surface area contributed by atoms with Crippen molar-refractivity contribution in [1.29, 1.82) is 0 Å². The number of rotatable bonds is 5. The SMILES string of the molecule is Cc1nc(N)sc1SCC(=O)Nc1ccccc1[N+](=O)[O-]. The Bertz CT molecular complexity index is 687. The molecule has 2 aromatic rings. The van der Waals surface area contributed by atoms with Crippen molar-refractivity contribution < 1.29 is 9.72 Å². The van der Waals surface area contributed by atoms with Crippen LogP contribution in [0.25, 0.3) is 0 Å². The van der Waals surface area contributed by atoms with Gasteiger partial charge in [-0.1, -0.05) is 23.5 Å². The molecule has 1 amide bonds. The van der Waals surface area contributed by atoms with E-state index in [0.29, 0.717) is 5.13 Å². The summed E-state index contributed by atoms with van der Waals surface area (Å²) in [7, 11) is 0. The minimum Gasteiger partial charge on any atom is -0.375 e. The molecule has 0 aliphatic carbocycles. The Hall–Kier alpha value is -2.13. The van der Waals surface area contributed by atoms with Crippen LogP contribution in [-0.4, -0.2) is 21.6 Å². The fourth-order valence-electron chi connectivity index (χ4n) is 1.59. The number of thioether (sulfide) groups is 1. The van der Waals surface area contributed by atoms with E-state index >= 15 is 0 Å². The van der Waals surface area contributed by atoms with Crippen molar-refractivity contribution >= 4 is 45.5 Å². The number of nitro groups is 1. The molecule has 0 radical (unpaired) electrons. The summed E-state index contributed by atoms with van der Waals surface area (Å²) in [6.45, 7) is 1.81. The number of para-hydroxylation sites is 2. The lowest BCUT2D eigenvalue weighted by molar-refractivity contribution is -0.383. The van der Waals surface area contributed by atoms with E-state index in [1.54, 1.807) is 12.1 Å². The maximum atomic E-state index is 11.9. The molecule has 9 heteroatoms. The molecule has 0 bridgehead atoms. The highest BCUT2D eigenvalue weighted by atomic mass is 32.2. The normalized spacial score (nSPS) is 10.3. The third-order valence-electron chi connectivity index (χ3n) is 2.48. The Labute approximate surface area is 128 Å². The predicted molar refractivity (Wildman–Crippen MR) is 83.7 cm³/mol. The van der Waals surface area contributed by atoms with Crippen molar-refractivity contribution in [2.45, 2.75) is 11.1 Å². The molecule has 1 heterocycles. The largest absolute Gasteiger partial charge is 0.375 e. The fraction of sp³-hybridized carbons (Fsp3) is 0.167. The van der Waals surface area contributed by atoms with Gasteiger partial charge in [-0.05, 0) is 13.0 Å². The summed E-state index contributed by atoms with van der Waals surface area (Å²) < 4.78 is 0.866. The summed E-state index contributed by atoms with van der Waals surface area (Å²) in [6, 6.07) is 6.02. The van der Waals surface area contributed by atoms with E-state index in [2.05, 4.69) is 10.3 Å². The van der Waals surface area contributed by atoms with Gasteiger partial charge in [0.25, 0.3) is 5.69 Å². The van der Waals surface area contributed by atoms with Gasteiger partial charge < -0.3 is 11.1 Å². The molecular weight excluding hydrogens is 312 g/mol. The molecule has 0 aliphatic rings. The second-order valence-electron chi connectivity index (χ2n) is 4.04. The van der Waals surface area contributed by atoms with Gasteiger partial charge in [0.2, 0.25) is 5.91 Å². The van der Waals surface area contributed by atoms with Crippen molar-refractivity contribution in [2.24, 2.45) is 0 Å². The van der Waals surface area contributed by atoms with Gasteiger partial charge in [-0.15, -0.1) is 11.8 Å². The number of nitro benzene ring substituents is 1. The summed E-state index contributed by atoms with van der Waals surface area (Å²) >= 11 is 2.62. The van der Waals surface area contributed by atoms with Gasteiger partial charge in [-0.2, -0.15) is 0 Å². The van der Waals surface area contributed by atoms with E-state index in [1.807, 2.05) is 6.92 Å². The van der Waals surface area contributed by atoms with Gasteiger partial charge in [0.15, 0.2) is 5.13 Å². The topological polar surface area (TPSA) is 111 Å². The van der Waals surface area contributed by atoms with E-state index < -0.39 is 4.92 Å². The first-order chi connectivity index (χ1) is 9.97. The van der Waals surface area contributed by atoms with Gasteiger partial charge in [-0.25, -0.2) is 4.98 Å². The molecule has 110 valence electrons. The minimum absolute atomic E-state index is 0.130. The van der Waals surface area contributed by atoms with Crippen molar-refractivity contribution in [2.75, 3.05) is 16.8 Å². The molecule has 0 saturated carbocycles. The van der Waals surface area contributed by atoms with Gasteiger partial charge >= 0.3 is 0 Å². The molecule has 2 rings (SSSR count). The second-order valence-corrected chi connectivity index (χ2v) is 6.31. The van der Waals surface area contributed by atoms with Crippen molar-refractivity contribution in [1.82, 2.24) is 4.98 Å². The Morgan fingerprint density at radius 3 is 2.86 bits per heavy atom. The average Bonchev–Trinajstić information content (AvgIpc) is 2.75. The monoisotopic (exact) mass is 324 g/mol. The molecule has 0 aliphatic heterocycles. The zero-order chi connectivity index (χ0) is 15.4. The summed E-state index contributed by atoms with van der Waals surface area (Å²) in [5, 5.41) is 13.9. The fourth-order valence-corrected chi connectivity index (χ4v) is 3.42. The molecule has 0 atom stereocenters. The Morgan fingerprint density at radius 2 is 2.24 bits per heavy atom. The van der Waals surface area contributed by atoms with E-state index in [0.717, 1.165) is 9.90 Å². The summed E-state index contributed by atoms with van der Waals surface area (Å²) in [4.78, 5) is 26.3. The van der Waals surface area contributed by atoms with Crippen LogP contribution >= 0.6 is 23.1 Å². The van der Waals surface area contributed by atoms with Crippen molar-refractivity contribution in [3.63, 3.8) is 0 Å².